The zero-order chi connectivity index (χ0) is 22.3. The van der Waals surface area contributed by atoms with Gasteiger partial charge in [-0.2, -0.15) is 5.10 Å². The number of amidine groups is 2. The highest BCUT2D eigenvalue weighted by molar-refractivity contribution is 6.13. The number of rotatable bonds is 4. The van der Waals surface area contributed by atoms with Gasteiger partial charge in [0, 0.05) is 12.6 Å². The molecule has 12 heteroatoms. The lowest BCUT2D eigenvalue weighted by Gasteiger charge is -2.35. The monoisotopic (exact) mass is 428 g/mol. The molecule has 3 heterocycles. The maximum Gasteiger partial charge on any atom is 0.405 e. The molecule has 2 unspecified atom stereocenters. The van der Waals surface area contributed by atoms with Crippen LogP contribution in [0.2, 0.25) is 0 Å². The van der Waals surface area contributed by atoms with Crippen LogP contribution in [0.25, 0.3) is 11.0 Å². The van der Waals surface area contributed by atoms with Gasteiger partial charge in [0.1, 0.15) is 23.5 Å². The van der Waals surface area contributed by atoms with Crippen molar-refractivity contribution < 1.29 is 18.3 Å². The van der Waals surface area contributed by atoms with Gasteiger partial charge in [-0.25, -0.2) is 28.2 Å². The lowest BCUT2D eigenvalue weighted by molar-refractivity contribution is 0.0965. The van der Waals surface area contributed by atoms with E-state index in [-0.39, 0.29) is 23.9 Å². The molecule has 5 N–H and O–H groups in total. The van der Waals surface area contributed by atoms with Gasteiger partial charge >= 0.3 is 6.09 Å². The van der Waals surface area contributed by atoms with Gasteiger partial charge in [0.15, 0.2) is 23.4 Å². The zero-order valence-corrected chi connectivity index (χ0v) is 16.3. The molecule has 0 saturated heterocycles. The van der Waals surface area contributed by atoms with Gasteiger partial charge in [-0.05, 0) is 12.1 Å². The number of amides is 1. The van der Waals surface area contributed by atoms with Gasteiger partial charge in [0.2, 0.25) is 0 Å². The summed E-state index contributed by atoms with van der Waals surface area (Å²) < 4.78 is 34.4. The second kappa shape index (κ2) is 7.72. The summed E-state index contributed by atoms with van der Waals surface area (Å²) in [6, 6.07) is 7.42. The molecular weight excluding hydrogens is 410 g/mol. The number of aromatic nitrogens is 3. The van der Waals surface area contributed by atoms with Crippen molar-refractivity contribution in [2.24, 2.45) is 16.5 Å². The van der Waals surface area contributed by atoms with E-state index in [0.717, 1.165) is 6.20 Å². The van der Waals surface area contributed by atoms with Crippen LogP contribution >= 0.6 is 0 Å². The number of nitrogens with zero attached hydrogens (tertiary/aromatic N) is 5. The summed E-state index contributed by atoms with van der Waals surface area (Å²) in [6.45, 7) is 0.0374. The normalized spacial score (nSPS) is 18.9. The van der Waals surface area contributed by atoms with Crippen molar-refractivity contribution in [2.75, 3.05) is 7.05 Å². The summed E-state index contributed by atoms with van der Waals surface area (Å²) in [6.07, 6.45) is -2.24. The fourth-order valence-electron chi connectivity index (χ4n) is 3.33. The first kappa shape index (κ1) is 20.3. The van der Waals surface area contributed by atoms with Crippen molar-refractivity contribution in [3.8, 4) is 0 Å². The Labute approximate surface area is 174 Å². The molecule has 2 atom stereocenters. The molecule has 0 radical (unpaired) electrons. The summed E-state index contributed by atoms with van der Waals surface area (Å²) in [5.74, 6) is -1.23. The summed E-state index contributed by atoms with van der Waals surface area (Å²) in [7, 11) is 1.56. The fraction of sp³-hybridized carbons (Fsp3) is 0.211. The Morgan fingerprint density at radius 3 is 2.77 bits per heavy atom. The maximum absolute atomic E-state index is 14.2. The van der Waals surface area contributed by atoms with E-state index in [2.05, 4.69) is 15.1 Å². The second-order valence-electron chi connectivity index (χ2n) is 6.90. The van der Waals surface area contributed by atoms with Gasteiger partial charge in [0.25, 0.3) is 0 Å². The van der Waals surface area contributed by atoms with E-state index in [9.17, 15) is 13.6 Å². The molecule has 31 heavy (non-hydrogen) atoms. The average molecular weight is 428 g/mol. The number of nitrogens with two attached hydrogens (primary N) is 2. The molecule has 2 aromatic heterocycles. The molecule has 0 fully saturated rings. The topological polar surface area (TPSA) is 148 Å². The van der Waals surface area contributed by atoms with Crippen LogP contribution < -0.4 is 11.5 Å². The van der Waals surface area contributed by atoms with E-state index in [4.69, 9.17) is 21.6 Å². The van der Waals surface area contributed by atoms with E-state index >= 15 is 0 Å². The highest BCUT2D eigenvalue weighted by Gasteiger charge is 2.37. The Balaban J connectivity index is 1.82. The standard InChI is InChI=1S/C19H18F2N8O2/c1-28-16(23)14(31-19(24)30)15(22)26-18(28)13-11-6-10(20)7-25-17(11)29(27-13)8-9-4-2-3-5-12(9)21/h2-7,14,16,22H,8,23H2,1H3,(H2,24,30). The Morgan fingerprint density at radius 2 is 2.06 bits per heavy atom. The summed E-state index contributed by atoms with van der Waals surface area (Å²) >= 11 is 0. The van der Waals surface area contributed by atoms with Gasteiger partial charge in [-0.3, -0.25) is 5.41 Å². The lowest BCUT2D eigenvalue weighted by Crippen LogP contribution is -2.58. The number of hydrogen-bond acceptors (Lipinski definition) is 7. The molecule has 1 aliphatic rings. The predicted octanol–water partition coefficient (Wildman–Crippen LogP) is 1.18. The summed E-state index contributed by atoms with van der Waals surface area (Å²) in [5.41, 5.74) is 12.0. The number of aliphatic imine (C=N–C) groups is 1. The number of carbonyl (C=O) groups excluding carboxylic acids is 1. The van der Waals surface area contributed by atoms with E-state index < -0.39 is 30.0 Å². The van der Waals surface area contributed by atoms with Crippen molar-refractivity contribution in [3.05, 3.63) is 59.4 Å². The van der Waals surface area contributed by atoms with Crippen LogP contribution in [0.4, 0.5) is 13.6 Å². The Morgan fingerprint density at radius 1 is 1.32 bits per heavy atom. The zero-order valence-electron chi connectivity index (χ0n) is 16.3. The molecule has 0 bridgehead atoms. The molecule has 0 spiro atoms. The van der Waals surface area contributed by atoms with E-state index in [0.29, 0.717) is 16.6 Å². The number of ether oxygens (including phenoxy) is 1. The summed E-state index contributed by atoms with van der Waals surface area (Å²) in [5, 5.41) is 12.9. The molecule has 0 aliphatic carbocycles. The van der Waals surface area contributed by atoms with Crippen LogP contribution in [0.5, 0.6) is 0 Å². The van der Waals surface area contributed by atoms with Crippen molar-refractivity contribution in [2.45, 2.75) is 18.8 Å². The van der Waals surface area contributed by atoms with Crippen molar-refractivity contribution in [1.29, 1.82) is 5.41 Å². The highest BCUT2D eigenvalue weighted by atomic mass is 19.1. The maximum atomic E-state index is 14.2. The lowest BCUT2D eigenvalue weighted by atomic mass is 10.1. The smallest absolute Gasteiger partial charge is 0.405 e. The quantitative estimate of drug-likeness (QED) is 0.568. The molecule has 4 rings (SSSR count). The summed E-state index contributed by atoms with van der Waals surface area (Å²) in [4.78, 5) is 20.8. The van der Waals surface area contributed by atoms with Crippen LogP contribution in [0.3, 0.4) is 0 Å². The minimum atomic E-state index is -1.19. The SMILES string of the molecule is CN1C(c2nn(Cc3ccccc3F)c3ncc(F)cc23)=NC(=N)C(OC(N)=O)C1N. The van der Waals surface area contributed by atoms with E-state index in [1.807, 2.05) is 0 Å². The minimum Gasteiger partial charge on any atom is -0.434 e. The third-order valence-electron chi connectivity index (χ3n) is 4.87. The average Bonchev–Trinajstić information content (AvgIpc) is 3.07. The molecule has 1 amide bonds. The number of halogens is 2. The number of benzene rings is 1. The van der Waals surface area contributed by atoms with Crippen LogP contribution in [0.1, 0.15) is 11.3 Å². The number of fused-ring (bicyclic) bond motifs is 1. The molecule has 1 aliphatic heterocycles. The van der Waals surface area contributed by atoms with Crippen LogP contribution in [0.15, 0.2) is 41.5 Å². The number of primary amides is 1. The van der Waals surface area contributed by atoms with Crippen LogP contribution in [-0.4, -0.2) is 56.7 Å². The Bertz CT molecular complexity index is 1220. The molecule has 0 saturated carbocycles. The predicted molar refractivity (Wildman–Crippen MR) is 107 cm³/mol. The first-order valence-electron chi connectivity index (χ1n) is 9.13. The molecule has 3 aromatic rings. The Hall–Kier alpha value is -3.93. The van der Waals surface area contributed by atoms with Gasteiger partial charge < -0.3 is 21.1 Å². The van der Waals surface area contributed by atoms with Gasteiger partial charge in [0.05, 0.1) is 18.1 Å². The van der Waals surface area contributed by atoms with E-state index in [1.165, 1.54) is 21.7 Å². The van der Waals surface area contributed by atoms with E-state index in [1.54, 1.807) is 25.2 Å². The highest BCUT2D eigenvalue weighted by Crippen LogP contribution is 2.24. The number of likely N-dealkylation sites (N-methyl/N-ethyl adjacent to an activating group) is 1. The molecule has 160 valence electrons. The van der Waals surface area contributed by atoms with Crippen molar-refractivity contribution >= 4 is 28.8 Å². The molecule has 1 aromatic carbocycles. The van der Waals surface area contributed by atoms with Crippen molar-refractivity contribution in [1.82, 2.24) is 19.7 Å². The second-order valence-corrected chi connectivity index (χ2v) is 6.90. The van der Waals surface area contributed by atoms with Crippen molar-refractivity contribution in [3.63, 3.8) is 0 Å². The molecular formula is C19H18F2N8O2. The van der Waals surface area contributed by atoms with Gasteiger partial charge in [-0.15, -0.1) is 0 Å². The first-order valence-corrected chi connectivity index (χ1v) is 9.13. The van der Waals surface area contributed by atoms with Crippen LogP contribution in [0, 0.1) is 17.0 Å². The first-order chi connectivity index (χ1) is 14.8. The number of carbonyl (C=O) groups is 1. The fourth-order valence-corrected chi connectivity index (χ4v) is 3.33. The largest absolute Gasteiger partial charge is 0.434 e. The van der Waals surface area contributed by atoms with Crippen LogP contribution in [-0.2, 0) is 11.3 Å². The Kier molecular flexibility index (Phi) is 5.07. The van der Waals surface area contributed by atoms with Gasteiger partial charge in [-0.1, -0.05) is 18.2 Å². The number of hydrogen-bond donors (Lipinski definition) is 3. The number of pyridine rings is 1. The third-order valence-corrected chi connectivity index (χ3v) is 4.87. The molecule has 10 nitrogen and oxygen atoms in total. The third kappa shape index (κ3) is 3.68. The minimum absolute atomic E-state index is 0.0374. The number of nitrogens with one attached hydrogen (secondary N) is 1.